The lowest BCUT2D eigenvalue weighted by Gasteiger charge is -2.29. The van der Waals surface area contributed by atoms with Crippen LogP contribution in [0.5, 0.6) is 0 Å². The van der Waals surface area contributed by atoms with E-state index in [1.807, 2.05) is 54.6 Å². The van der Waals surface area contributed by atoms with Crippen molar-refractivity contribution < 1.29 is 14.3 Å². The van der Waals surface area contributed by atoms with Gasteiger partial charge in [0, 0.05) is 53.6 Å². The van der Waals surface area contributed by atoms with Crippen LogP contribution in [-0.4, -0.2) is 53.1 Å². The maximum atomic E-state index is 12.6. The first kappa shape index (κ1) is 27.0. The van der Waals surface area contributed by atoms with Gasteiger partial charge in [-0.15, -0.1) is 0 Å². The Bertz CT molecular complexity index is 1720. The number of nitrogens with zero attached hydrogens (tertiary/aromatic N) is 4. The molecule has 0 spiro atoms. The van der Waals surface area contributed by atoms with Gasteiger partial charge in [-0.1, -0.05) is 24.3 Å². The zero-order valence-corrected chi connectivity index (χ0v) is 23.2. The lowest BCUT2D eigenvalue weighted by molar-refractivity contribution is -0.116. The predicted molar refractivity (Wildman–Crippen MR) is 165 cm³/mol. The summed E-state index contributed by atoms with van der Waals surface area (Å²) in [5.41, 5.74) is 5.72. The molecule has 0 unspecified atom stereocenters. The second-order valence-electron chi connectivity index (χ2n) is 10.1. The molecule has 1 fully saturated rings. The summed E-state index contributed by atoms with van der Waals surface area (Å²) < 4.78 is 5.58. The van der Waals surface area contributed by atoms with Gasteiger partial charge in [0.25, 0.3) is 0 Å². The highest BCUT2D eigenvalue weighted by atomic mass is 16.5. The first-order valence-corrected chi connectivity index (χ1v) is 13.8. The maximum absolute atomic E-state index is 12.6. The highest BCUT2D eigenvalue weighted by Crippen LogP contribution is 2.31. The molecule has 3 heterocycles. The fourth-order valence-corrected chi connectivity index (χ4v) is 4.94. The molecule has 0 aliphatic carbocycles. The minimum atomic E-state index is -0.360. The highest BCUT2D eigenvalue weighted by molar-refractivity contribution is 6.00. The Balaban J connectivity index is 1.24. The van der Waals surface area contributed by atoms with Gasteiger partial charge in [0.05, 0.1) is 24.4 Å². The molecule has 6 rings (SSSR count). The second kappa shape index (κ2) is 12.2. The summed E-state index contributed by atoms with van der Waals surface area (Å²) in [7, 11) is 0. The van der Waals surface area contributed by atoms with Crippen LogP contribution in [0.2, 0.25) is 0 Å². The van der Waals surface area contributed by atoms with Crippen molar-refractivity contribution in [2.45, 2.75) is 13.3 Å². The third kappa shape index (κ3) is 6.26. The summed E-state index contributed by atoms with van der Waals surface area (Å²) in [6, 6.07) is 26.4. The molecule has 5 aromatic rings. The Morgan fingerprint density at radius 3 is 2.19 bits per heavy atom. The molecule has 0 bridgehead atoms. The minimum Gasteiger partial charge on any atom is -0.378 e. The SMILES string of the molecule is CC(=O)Cc1ccc(NC(=O)Nc2ccc(-c3nc(N4CCOCC4)c4ccc(-c5ccccn5)cc4n3)cc2)cc1. The molecular formula is C33H30N6O3. The van der Waals surface area contributed by atoms with Gasteiger partial charge in [-0.05, 0) is 73.2 Å². The number of fused-ring (bicyclic) bond motifs is 1. The van der Waals surface area contributed by atoms with Crippen molar-refractivity contribution in [3.8, 4) is 22.6 Å². The predicted octanol–water partition coefficient (Wildman–Crippen LogP) is 5.97. The summed E-state index contributed by atoms with van der Waals surface area (Å²) in [5, 5.41) is 6.66. The van der Waals surface area contributed by atoms with E-state index in [4.69, 9.17) is 14.7 Å². The van der Waals surface area contributed by atoms with Gasteiger partial charge in [0.15, 0.2) is 5.82 Å². The van der Waals surface area contributed by atoms with Crippen LogP contribution in [0.1, 0.15) is 12.5 Å². The van der Waals surface area contributed by atoms with Crippen molar-refractivity contribution in [2.24, 2.45) is 0 Å². The van der Waals surface area contributed by atoms with Gasteiger partial charge in [-0.3, -0.25) is 9.78 Å². The van der Waals surface area contributed by atoms with Crippen molar-refractivity contribution in [3.05, 3.63) is 96.7 Å². The smallest absolute Gasteiger partial charge is 0.323 e. The van der Waals surface area contributed by atoms with Crippen LogP contribution in [-0.2, 0) is 16.0 Å². The van der Waals surface area contributed by atoms with Gasteiger partial charge in [0.2, 0.25) is 0 Å². The number of anilines is 3. The number of ketones is 1. The van der Waals surface area contributed by atoms with Crippen molar-refractivity contribution in [1.82, 2.24) is 15.0 Å². The Kier molecular flexibility index (Phi) is 7.83. The molecule has 9 heteroatoms. The van der Waals surface area contributed by atoms with Crippen LogP contribution in [0.15, 0.2) is 91.1 Å². The Morgan fingerprint density at radius 1 is 0.833 bits per heavy atom. The van der Waals surface area contributed by atoms with E-state index in [9.17, 15) is 9.59 Å². The van der Waals surface area contributed by atoms with Gasteiger partial charge in [-0.25, -0.2) is 14.8 Å². The molecule has 0 radical (unpaired) electrons. The largest absolute Gasteiger partial charge is 0.378 e. The molecule has 2 N–H and O–H groups in total. The molecule has 3 aromatic carbocycles. The quantitative estimate of drug-likeness (QED) is 0.253. The number of nitrogens with one attached hydrogen (secondary N) is 2. The number of ether oxygens (including phenoxy) is 1. The molecule has 1 saturated heterocycles. The number of Topliss-reactive ketones (excluding diaryl/α,β-unsaturated/α-hetero) is 1. The molecule has 42 heavy (non-hydrogen) atoms. The zero-order valence-electron chi connectivity index (χ0n) is 23.2. The summed E-state index contributed by atoms with van der Waals surface area (Å²) in [6.45, 7) is 4.37. The highest BCUT2D eigenvalue weighted by Gasteiger charge is 2.19. The van der Waals surface area contributed by atoms with Crippen LogP contribution < -0.4 is 15.5 Å². The fourth-order valence-electron chi connectivity index (χ4n) is 4.94. The van der Waals surface area contributed by atoms with E-state index in [0.29, 0.717) is 36.8 Å². The van der Waals surface area contributed by atoms with Gasteiger partial charge < -0.3 is 20.3 Å². The second-order valence-corrected chi connectivity index (χ2v) is 10.1. The number of aromatic nitrogens is 3. The fraction of sp³-hybridized carbons (Fsp3) is 0.182. The van der Waals surface area contributed by atoms with E-state index in [-0.39, 0.29) is 11.8 Å². The minimum absolute atomic E-state index is 0.0949. The number of carbonyl (C=O) groups is 2. The van der Waals surface area contributed by atoms with Crippen molar-refractivity contribution in [2.75, 3.05) is 41.8 Å². The Hall–Kier alpha value is -5.15. The van der Waals surface area contributed by atoms with E-state index in [1.54, 1.807) is 25.3 Å². The van der Waals surface area contributed by atoms with Crippen LogP contribution in [0, 0.1) is 0 Å². The first-order chi connectivity index (χ1) is 20.5. The molecule has 0 atom stereocenters. The monoisotopic (exact) mass is 558 g/mol. The normalized spacial score (nSPS) is 13.1. The van der Waals surface area contributed by atoms with Crippen LogP contribution in [0.4, 0.5) is 22.0 Å². The third-order valence-corrected chi connectivity index (χ3v) is 7.01. The van der Waals surface area contributed by atoms with Crippen molar-refractivity contribution in [1.29, 1.82) is 0 Å². The number of urea groups is 1. The molecular weight excluding hydrogens is 528 g/mol. The first-order valence-electron chi connectivity index (χ1n) is 13.8. The van der Waals surface area contributed by atoms with E-state index < -0.39 is 0 Å². The lowest BCUT2D eigenvalue weighted by atomic mass is 10.1. The topological polar surface area (TPSA) is 109 Å². The molecule has 1 aliphatic heterocycles. The number of rotatable bonds is 7. The molecule has 2 aromatic heterocycles. The van der Waals surface area contributed by atoms with Gasteiger partial charge in [0.1, 0.15) is 11.6 Å². The number of hydrogen-bond donors (Lipinski definition) is 2. The van der Waals surface area contributed by atoms with E-state index >= 15 is 0 Å². The molecule has 2 amide bonds. The van der Waals surface area contributed by atoms with Crippen molar-refractivity contribution in [3.63, 3.8) is 0 Å². The summed E-state index contributed by atoms with van der Waals surface area (Å²) in [4.78, 5) is 40.6. The Morgan fingerprint density at radius 2 is 1.52 bits per heavy atom. The van der Waals surface area contributed by atoms with E-state index in [2.05, 4.69) is 38.7 Å². The Labute approximate surface area is 243 Å². The third-order valence-electron chi connectivity index (χ3n) is 7.01. The van der Waals surface area contributed by atoms with Crippen molar-refractivity contribution >= 4 is 39.9 Å². The number of carbonyl (C=O) groups excluding carboxylic acids is 2. The van der Waals surface area contributed by atoms with E-state index in [1.165, 1.54) is 0 Å². The van der Waals surface area contributed by atoms with Crippen LogP contribution in [0.25, 0.3) is 33.5 Å². The molecule has 0 saturated carbocycles. The van der Waals surface area contributed by atoms with Crippen LogP contribution >= 0.6 is 0 Å². The average molecular weight is 559 g/mol. The van der Waals surface area contributed by atoms with Gasteiger partial charge in [-0.2, -0.15) is 0 Å². The zero-order chi connectivity index (χ0) is 28.9. The summed E-state index contributed by atoms with van der Waals surface area (Å²) in [5.74, 6) is 1.57. The van der Waals surface area contributed by atoms with Gasteiger partial charge >= 0.3 is 6.03 Å². The average Bonchev–Trinajstić information content (AvgIpc) is 3.02. The number of morpholine rings is 1. The number of hydrogen-bond acceptors (Lipinski definition) is 7. The number of amides is 2. The summed E-state index contributed by atoms with van der Waals surface area (Å²) in [6.07, 6.45) is 2.16. The lowest BCUT2D eigenvalue weighted by Crippen LogP contribution is -2.37. The number of pyridine rings is 1. The van der Waals surface area contributed by atoms with Crippen LogP contribution in [0.3, 0.4) is 0 Å². The standard InChI is InChI=1S/C33H30N6O3/c1-22(40)20-23-5-10-26(11-6-23)35-33(41)36-27-12-7-24(8-13-27)31-37-30-21-25(29-4-2-3-15-34-29)9-14-28(30)32(38-31)39-16-18-42-19-17-39/h2-15,21H,16-20H2,1H3,(H2,35,36,41). The molecule has 9 nitrogen and oxygen atoms in total. The molecule has 1 aliphatic rings. The molecule has 210 valence electrons. The number of benzene rings is 3. The maximum Gasteiger partial charge on any atom is 0.323 e. The summed E-state index contributed by atoms with van der Waals surface area (Å²) >= 11 is 0. The van der Waals surface area contributed by atoms with E-state index in [0.717, 1.165) is 52.2 Å².